The minimum atomic E-state index is -3.44. The Kier molecular flexibility index (Phi) is 5.07. The van der Waals surface area contributed by atoms with Gasteiger partial charge in [-0.3, -0.25) is 0 Å². The Morgan fingerprint density at radius 1 is 1.29 bits per heavy atom. The van der Waals surface area contributed by atoms with Crippen LogP contribution in [0, 0.1) is 5.92 Å². The van der Waals surface area contributed by atoms with E-state index in [0.717, 1.165) is 18.4 Å². The van der Waals surface area contributed by atoms with E-state index in [9.17, 15) is 8.42 Å². The van der Waals surface area contributed by atoms with Gasteiger partial charge in [-0.15, -0.1) is 0 Å². The number of hydrogen-bond donors (Lipinski definition) is 1. The quantitative estimate of drug-likeness (QED) is 0.929. The van der Waals surface area contributed by atoms with Crippen LogP contribution in [0.2, 0.25) is 0 Å². The minimum absolute atomic E-state index is 0.0801. The molecule has 0 amide bonds. The number of nitrogens with two attached hydrogens (primary N) is 1. The van der Waals surface area contributed by atoms with Crippen LogP contribution in [0.3, 0.4) is 0 Å². The van der Waals surface area contributed by atoms with E-state index in [2.05, 4.69) is 20.8 Å². The smallest absolute Gasteiger partial charge is 0.243 e. The summed E-state index contributed by atoms with van der Waals surface area (Å²) in [4.78, 5) is 0.375. The monoisotopic (exact) mass is 310 g/mol. The van der Waals surface area contributed by atoms with Gasteiger partial charge in [0.25, 0.3) is 0 Å². The second-order valence-electron chi connectivity index (χ2n) is 6.36. The summed E-state index contributed by atoms with van der Waals surface area (Å²) in [5, 5.41) is 0. The van der Waals surface area contributed by atoms with Gasteiger partial charge in [0, 0.05) is 19.1 Å². The highest BCUT2D eigenvalue weighted by Crippen LogP contribution is 2.28. The van der Waals surface area contributed by atoms with Gasteiger partial charge in [-0.2, -0.15) is 4.31 Å². The van der Waals surface area contributed by atoms with E-state index in [0.29, 0.717) is 29.8 Å². The molecule has 1 aromatic rings. The molecule has 4 nitrogen and oxygen atoms in total. The Bertz CT molecular complexity index is 566. The SMILES string of the molecule is CC1CCN(S(=O)(=O)c2ccc(C(C)C)cc2)C(CN)C1. The van der Waals surface area contributed by atoms with Crippen LogP contribution in [0.4, 0.5) is 0 Å². The third-order valence-corrected chi connectivity index (χ3v) is 6.32. The predicted molar refractivity (Wildman–Crippen MR) is 85.7 cm³/mol. The van der Waals surface area contributed by atoms with E-state index in [1.807, 2.05) is 12.1 Å². The van der Waals surface area contributed by atoms with Crippen LogP contribution in [0.25, 0.3) is 0 Å². The van der Waals surface area contributed by atoms with Crippen molar-refractivity contribution in [1.82, 2.24) is 4.31 Å². The highest BCUT2D eigenvalue weighted by atomic mass is 32.2. The van der Waals surface area contributed by atoms with E-state index < -0.39 is 10.0 Å². The Morgan fingerprint density at radius 3 is 2.43 bits per heavy atom. The zero-order valence-electron chi connectivity index (χ0n) is 13.1. The third-order valence-electron chi connectivity index (χ3n) is 4.35. The van der Waals surface area contributed by atoms with Crippen LogP contribution in [0.15, 0.2) is 29.2 Å². The molecular formula is C16H26N2O2S. The zero-order chi connectivity index (χ0) is 15.6. The van der Waals surface area contributed by atoms with Gasteiger partial charge >= 0.3 is 0 Å². The second kappa shape index (κ2) is 6.46. The molecule has 5 heteroatoms. The summed E-state index contributed by atoms with van der Waals surface area (Å²) < 4.78 is 27.2. The molecule has 0 saturated carbocycles. The molecule has 0 radical (unpaired) electrons. The van der Waals surface area contributed by atoms with Gasteiger partial charge in [0.1, 0.15) is 0 Å². The highest BCUT2D eigenvalue weighted by Gasteiger charge is 2.34. The lowest BCUT2D eigenvalue weighted by Gasteiger charge is -2.36. The molecule has 0 bridgehead atoms. The molecule has 2 unspecified atom stereocenters. The first-order valence-corrected chi connectivity index (χ1v) is 9.12. The summed E-state index contributed by atoms with van der Waals surface area (Å²) >= 11 is 0. The lowest BCUT2D eigenvalue weighted by Crippen LogP contribution is -2.49. The van der Waals surface area contributed by atoms with Gasteiger partial charge < -0.3 is 5.73 Å². The number of rotatable bonds is 4. The number of sulfonamides is 1. The zero-order valence-corrected chi connectivity index (χ0v) is 13.9. The maximum Gasteiger partial charge on any atom is 0.243 e. The molecule has 2 N–H and O–H groups in total. The molecule has 2 rings (SSSR count). The van der Waals surface area contributed by atoms with Crippen LogP contribution in [0.1, 0.15) is 45.1 Å². The van der Waals surface area contributed by atoms with E-state index in [1.54, 1.807) is 16.4 Å². The fourth-order valence-electron chi connectivity index (χ4n) is 2.92. The van der Waals surface area contributed by atoms with Crippen molar-refractivity contribution in [2.75, 3.05) is 13.1 Å². The highest BCUT2D eigenvalue weighted by molar-refractivity contribution is 7.89. The first-order valence-electron chi connectivity index (χ1n) is 7.68. The lowest BCUT2D eigenvalue weighted by atomic mass is 9.94. The molecule has 2 atom stereocenters. The Labute approximate surface area is 128 Å². The molecule has 1 aromatic carbocycles. The number of benzene rings is 1. The molecule has 1 saturated heterocycles. The lowest BCUT2D eigenvalue weighted by molar-refractivity contribution is 0.211. The van der Waals surface area contributed by atoms with Crippen molar-refractivity contribution in [3.63, 3.8) is 0 Å². The van der Waals surface area contributed by atoms with Gasteiger partial charge in [0.15, 0.2) is 0 Å². The molecule has 0 aromatic heterocycles. The van der Waals surface area contributed by atoms with Crippen LogP contribution in [0.5, 0.6) is 0 Å². The second-order valence-corrected chi connectivity index (χ2v) is 8.25. The van der Waals surface area contributed by atoms with Gasteiger partial charge in [-0.25, -0.2) is 8.42 Å². The fourth-order valence-corrected chi connectivity index (χ4v) is 4.58. The molecular weight excluding hydrogens is 284 g/mol. The summed E-state index contributed by atoms with van der Waals surface area (Å²) in [6.07, 6.45) is 1.75. The first kappa shape index (κ1) is 16.5. The van der Waals surface area contributed by atoms with Gasteiger partial charge in [0.05, 0.1) is 4.90 Å². The Morgan fingerprint density at radius 2 is 1.90 bits per heavy atom. The summed E-state index contributed by atoms with van der Waals surface area (Å²) in [6.45, 7) is 7.30. The predicted octanol–water partition coefficient (Wildman–Crippen LogP) is 2.56. The molecule has 1 aliphatic rings. The minimum Gasteiger partial charge on any atom is -0.329 e. The van der Waals surface area contributed by atoms with Gasteiger partial charge in [-0.1, -0.05) is 32.9 Å². The van der Waals surface area contributed by atoms with E-state index in [-0.39, 0.29) is 6.04 Å². The summed E-state index contributed by atoms with van der Waals surface area (Å²) in [6, 6.07) is 7.17. The third kappa shape index (κ3) is 3.47. The van der Waals surface area contributed by atoms with Gasteiger partial charge in [-0.05, 0) is 42.4 Å². The maximum absolute atomic E-state index is 12.8. The average Bonchev–Trinajstić information content (AvgIpc) is 2.46. The summed E-state index contributed by atoms with van der Waals surface area (Å²) in [5.74, 6) is 0.933. The van der Waals surface area contributed by atoms with E-state index in [1.165, 1.54) is 0 Å². The van der Waals surface area contributed by atoms with Crippen molar-refractivity contribution in [2.24, 2.45) is 11.7 Å². The average molecular weight is 310 g/mol. The van der Waals surface area contributed by atoms with Crippen LogP contribution in [-0.4, -0.2) is 31.9 Å². The normalized spacial score (nSPS) is 24.4. The molecule has 0 aliphatic carbocycles. The van der Waals surface area contributed by atoms with Crippen molar-refractivity contribution in [3.8, 4) is 0 Å². The standard InChI is InChI=1S/C16H26N2O2S/c1-12(2)14-4-6-16(7-5-14)21(19,20)18-9-8-13(3)10-15(18)11-17/h4-7,12-13,15H,8-11,17H2,1-3H3. The van der Waals surface area contributed by atoms with Crippen LogP contribution >= 0.6 is 0 Å². The number of nitrogens with zero attached hydrogens (tertiary/aromatic N) is 1. The maximum atomic E-state index is 12.8. The summed E-state index contributed by atoms with van der Waals surface area (Å²) in [7, 11) is -3.44. The molecule has 1 aliphatic heterocycles. The van der Waals surface area contributed by atoms with E-state index >= 15 is 0 Å². The largest absolute Gasteiger partial charge is 0.329 e. The van der Waals surface area contributed by atoms with Crippen molar-refractivity contribution in [3.05, 3.63) is 29.8 Å². The number of hydrogen-bond acceptors (Lipinski definition) is 3. The van der Waals surface area contributed by atoms with Crippen LogP contribution in [-0.2, 0) is 10.0 Å². The number of piperidine rings is 1. The van der Waals surface area contributed by atoms with Crippen LogP contribution < -0.4 is 5.73 Å². The fraction of sp³-hybridized carbons (Fsp3) is 0.625. The first-order chi connectivity index (χ1) is 9.86. The molecule has 21 heavy (non-hydrogen) atoms. The van der Waals surface area contributed by atoms with E-state index in [4.69, 9.17) is 5.73 Å². The molecule has 118 valence electrons. The topological polar surface area (TPSA) is 63.4 Å². The van der Waals surface area contributed by atoms with Crippen molar-refractivity contribution in [2.45, 2.75) is 50.5 Å². The molecule has 0 spiro atoms. The van der Waals surface area contributed by atoms with Crippen molar-refractivity contribution < 1.29 is 8.42 Å². The van der Waals surface area contributed by atoms with Crippen molar-refractivity contribution in [1.29, 1.82) is 0 Å². The molecule has 1 fully saturated rings. The van der Waals surface area contributed by atoms with Gasteiger partial charge in [0.2, 0.25) is 10.0 Å². The van der Waals surface area contributed by atoms with Crippen molar-refractivity contribution >= 4 is 10.0 Å². The Hall–Kier alpha value is -0.910. The summed E-state index contributed by atoms with van der Waals surface area (Å²) in [5.41, 5.74) is 6.94. The Balaban J connectivity index is 2.28. The molecule has 1 heterocycles.